The van der Waals surface area contributed by atoms with Crippen molar-refractivity contribution < 1.29 is 31.4 Å². The van der Waals surface area contributed by atoms with Gasteiger partial charge in [-0.3, -0.25) is 0 Å². The molecule has 0 aliphatic carbocycles. The van der Waals surface area contributed by atoms with Crippen LogP contribution >= 0.6 is 0 Å². The molecule has 2 N–H and O–H groups in total. The summed E-state index contributed by atoms with van der Waals surface area (Å²) in [5.74, 6) is -1.04. The van der Waals surface area contributed by atoms with Crippen molar-refractivity contribution in [3.8, 4) is 0 Å². The number of halogens is 6. The smallest absolute Gasteiger partial charge is 0.395 e. The quantitative estimate of drug-likeness (QED) is 0.812. The normalized spacial score (nSPS) is 12.4. The zero-order valence-electron chi connectivity index (χ0n) is 10.8. The van der Waals surface area contributed by atoms with Crippen LogP contribution in [0.3, 0.4) is 0 Å². The Morgan fingerprint density at radius 3 is 2.24 bits per heavy atom. The molecule has 0 aliphatic rings. The van der Waals surface area contributed by atoms with Crippen molar-refractivity contribution in [1.29, 1.82) is 0 Å². The average molecular weight is 318 g/mol. The average Bonchev–Trinajstić information content (AvgIpc) is 2.35. The van der Waals surface area contributed by atoms with Crippen LogP contribution in [0.25, 0.3) is 0 Å². The van der Waals surface area contributed by atoms with Crippen molar-refractivity contribution in [3.05, 3.63) is 11.8 Å². The number of nitrogens with zero attached hydrogens (tertiary/aromatic N) is 3. The predicted octanol–water partition coefficient (Wildman–Crippen LogP) is 1.90. The molecule has 11 heteroatoms. The van der Waals surface area contributed by atoms with Gasteiger partial charge in [0.2, 0.25) is 5.95 Å². The zero-order chi connectivity index (χ0) is 16.3. The van der Waals surface area contributed by atoms with Gasteiger partial charge in [-0.15, -0.1) is 0 Å². The molecule has 0 unspecified atom stereocenters. The number of aromatic nitrogens is 2. The Bertz CT molecular complexity index is 476. The number of alkyl halides is 6. The van der Waals surface area contributed by atoms with Crippen LogP contribution in [0.1, 0.15) is 5.69 Å². The van der Waals surface area contributed by atoms with Gasteiger partial charge >= 0.3 is 12.4 Å². The predicted molar refractivity (Wildman–Crippen MR) is 61.9 cm³/mol. The van der Waals surface area contributed by atoms with E-state index in [9.17, 15) is 26.3 Å². The van der Waals surface area contributed by atoms with Crippen molar-refractivity contribution in [2.45, 2.75) is 12.4 Å². The molecule has 0 aromatic carbocycles. The van der Waals surface area contributed by atoms with E-state index in [1.807, 2.05) is 0 Å². The van der Waals surface area contributed by atoms with Crippen LogP contribution in [0.2, 0.25) is 0 Å². The summed E-state index contributed by atoms with van der Waals surface area (Å²) >= 11 is 0. The summed E-state index contributed by atoms with van der Waals surface area (Å²) in [4.78, 5) is 7.20. The number of nitrogens with one attached hydrogen (secondary N) is 1. The Balaban J connectivity index is 3.23. The second-order valence-corrected chi connectivity index (χ2v) is 3.94. The van der Waals surface area contributed by atoms with E-state index < -0.39 is 49.5 Å². The summed E-state index contributed by atoms with van der Waals surface area (Å²) in [5, 5.41) is 11.0. The molecule has 5 nitrogen and oxygen atoms in total. The van der Waals surface area contributed by atoms with E-state index in [0.717, 1.165) is 0 Å². The molecule has 0 spiro atoms. The van der Waals surface area contributed by atoms with Crippen LogP contribution in [0, 0.1) is 0 Å². The highest BCUT2D eigenvalue weighted by atomic mass is 19.4. The summed E-state index contributed by atoms with van der Waals surface area (Å²) in [7, 11) is 1.24. The van der Waals surface area contributed by atoms with Crippen LogP contribution < -0.4 is 10.2 Å². The number of aliphatic hydroxyl groups excluding tert-OH is 1. The molecule has 0 fully saturated rings. The Kier molecular flexibility index (Phi) is 5.20. The van der Waals surface area contributed by atoms with Crippen molar-refractivity contribution in [2.24, 2.45) is 0 Å². The first-order valence-electron chi connectivity index (χ1n) is 5.63. The monoisotopic (exact) mass is 318 g/mol. The summed E-state index contributed by atoms with van der Waals surface area (Å²) in [6.45, 7) is -2.72. The van der Waals surface area contributed by atoms with E-state index in [2.05, 4.69) is 15.3 Å². The fourth-order valence-electron chi connectivity index (χ4n) is 1.47. The molecule has 0 saturated carbocycles. The summed E-state index contributed by atoms with van der Waals surface area (Å²) < 4.78 is 75.3. The molecule has 0 aliphatic heterocycles. The Morgan fingerprint density at radius 2 is 1.81 bits per heavy atom. The van der Waals surface area contributed by atoms with E-state index in [-0.39, 0.29) is 0 Å². The first-order chi connectivity index (χ1) is 9.56. The van der Waals surface area contributed by atoms with Crippen LogP contribution in [0.5, 0.6) is 0 Å². The van der Waals surface area contributed by atoms with Gasteiger partial charge in [-0.1, -0.05) is 0 Å². The first-order valence-corrected chi connectivity index (χ1v) is 5.63. The molecular weight excluding hydrogens is 306 g/mol. The molecule has 1 rings (SSSR count). The van der Waals surface area contributed by atoms with Gasteiger partial charge in [-0.25, -0.2) is 4.98 Å². The highest BCUT2D eigenvalue weighted by Crippen LogP contribution is 2.31. The van der Waals surface area contributed by atoms with E-state index in [4.69, 9.17) is 5.11 Å². The highest BCUT2D eigenvalue weighted by Gasteiger charge is 2.36. The largest absolute Gasteiger partial charge is 0.433 e. The third-order valence-electron chi connectivity index (χ3n) is 2.29. The zero-order valence-corrected chi connectivity index (χ0v) is 10.8. The lowest BCUT2D eigenvalue weighted by Crippen LogP contribution is -2.37. The second-order valence-electron chi connectivity index (χ2n) is 3.94. The summed E-state index contributed by atoms with van der Waals surface area (Å²) in [6.07, 6.45) is -9.48. The second kappa shape index (κ2) is 6.33. The van der Waals surface area contributed by atoms with Gasteiger partial charge < -0.3 is 15.3 Å². The molecular formula is C10H12F6N4O. The molecule has 1 aromatic rings. The van der Waals surface area contributed by atoms with Crippen LogP contribution in [-0.2, 0) is 6.18 Å². The minimum atomic E-state index is -4.83. The van der Waals surface area contributed by atoms with Crippen molar-refractivity contribution in [1.82, 2.24) is 9.97 Å². The SMILES string of the molecule is CNc1nc(N(CCO)CC(F)(F)F)cc(C(F)(F)F)n1. The van der Waals surface area contributed by atoms with Gasteiger partial charge in [0.25, 0.3) is 0 Å². The van der Waals surface area contributed by atoms with Crippen molar-refractivity contribution >= 4 is 11.8 Å². The van der Waals surface area contributed by atoms with Gasteiger partial charge in [0.05, 0.1) is 6.61 Å². The van der Waals surface area contributed by atoms with Gasteiger partial charge in [0, 0.05) is 19.7 Å². The number of anilines is 2. The van der Waals surface area contributed by atoms with Crippen molar-refractivity contribution in [3.63, 3.8) is 0 Å². The molecule has 0 amide bonds. The van der Waals surface area contributed by atoms with Crippen LogP contribution in [0.4, 0.5) is 38.1 Å². The maximum Gasteiger partial charge on any atom is 0.433 e. The molecule has 120 valence electrons. The lowest BCUT2D eigenvalue weighted by atomic mass is 10.3. The van der Waals surface area contributed by atoms with E-state index in [0.29, 0.717) is 11.0 Å². The van der Waals surface area contributed by atoms with Gasteiger partial charge in [0.15, 0.2) is 5.69 Å². The molecule has 1 aromatic heterocycles. The Morgan fingerprint density at radius 1 is 1.19 bits per heavy atom. The fraction of sp³-hybridized carbons (Fsp3) is 0.600. The lowest BCUT2D eigenvalue weighted by molar-refractivity contribution is -0.141. The third-order valence-corrected chi connectivity index (χ3v) is 2.29. The minimum Gasteiger partial charge on any atom is -0.395 e. The van der Waals surface area contributed by atoms with Gasteiger partial charge in [-0.05, 0) is 0 Å². The van der Waals surface area contributed by atoms with Gasteiger partial charge in [0.1, 0.15) is 12.4 Å². The number of hydrogen-bond donors (Lipinski definition) is 2. The fourth-order valence-corrected chi connectivity index (χ4v) is 1.47. The molecule has 0 radical (unpaired) electrons. The minimum absolute atomic E-state index is 0.405. The first kappa shape index (κ1) is 17.3. The molecule has 0 saturated heterocycles. The Hall–Kier alpha value is -1.78. The maximum atomic E-state index is 12.7. The number of aliphatic hydroxyl groups is 1. The molecule has 21 heavy (non-hydrogen) atoms. The van der Waals surface area contributed by atoms with Crippen molar-refractivity contribution in [2.75, 3.05) is 37.0 Å². The van der Waals surface area contributed by atoms with Crippen LogP contribution in [0.15, 0.2) is 6.07 Å². The standard InChI is InChI=1S/C10H12F6N4O/c1-17-8-18-6(10(14,15)16)4-7(19-8)20(2-3-21)5-9(11,12)13/h4,21H,2-3,5H2,1H3,(H,17,18,19). The lowest BCUT2D eigenvalue weighted by Gasteiger charge is -2.25. The number of rotatable bonds is 5. The highest BCUT2D eigenvalue weighted by molar-refractivity contribution is 5.45. The maximum absolute atomic E-state index is 12.7. The topological polar surface area (TPSA) is 61.3 Å². The molecule has 1 heterocycles. The summed E-state index contributed by atoms with van der Waals surface area (Å²) in [5.41, 5.74) is -1.37. The Labute approximate surface area is 115 Å². The molecule has 0 atom stereocenters. The molecule has 0 bridgehead atoms. The summed E-state index contributed by atoms with van der Waals surface area (Å²) in [6, 6.07) is 0.405. The van der Waals surface area contributed by atoms with E-state index in [1.165, 1.54) is 7.05 Å². The van der Waals surface area contributed by atoms with E-state index >= 15 is 0 Å². The third kappa shape index (κ3) is 5.25. The number of hydrogen-bond acceptors (Lipinski definition) is 5. The van der Waals surface area contributed by atoms with Crippen LogP contribution in [-0.4, -0.2) is 48.0 Å². The van der Waals surface area contributed by atoms with E-state index in [1.54, 1.807) is 0 Å². The van der Waals surface area contributed by atoms with Gasteiger partial charge in [-0.2, -0.15) is 31.3 Å².